The van der Waals surface area contributed by atoms with E-state index in [-0.39, 0.29) is 5.08 Å². The predicted octanol–water partition coefficient (Wildman–Crippen LogP) is 1.02. The lowest BCUT2D eigenvalue weighted by molar-refractivity contribution is 0.602. The second kappa shape index (κ2) is 3.93. The van der Waals surface area contributed by atoms with E-state index in [1.54, 1.807) is 0 Å². The average molecular weight is 203 g/mol. The van der Waals surface area contributed by atoms with Crippen molar-refractivity contribution in [3.05, 3.63) is 30.3 Å². The molecule has 2 N–H and O–H groups in total. The first-order valence-electron chi connectivity index (χ1n) is 3.26. The van der Waals surface area contributed by atoms with Crippen LogP contribution in [0.25, 0.3) is 0 Å². The van der Waals surface area contributed by atoms with Crippen LogP contribution in [0.15, 0.2) is 35.2 Å². The monoisotopic (exact) mass is 203 g/mol. The molecule has 0 aliphatic rings. The van der Waals surface area contributed by atoms with E-state index < -0.39 is 10.0 Å². The quantitative estimate of drug-likeness (QED) is 0.746. The van der Waals surface area contributed by atoms with Crippen molar-refractivity contribution >= 4 is 21.8 Å². The minimum Gasteiger partial charge on any atom is -0.228 e. The summed E-state index contributed by atoms with van der Waals surface area (Å²) in [7, 11) is -3.36. The summed E-state index contributed by atoms with van der Waals surface area (Å²) in [6.45, 7) is 0. The van der Waals surface area contributed by atoms with Crippen LogP contribution in [-0.4, -0.2) is 13.5 Å². The fraction of sp³-hybridized carbons (Fsp3) is 0.143. The van der Waals surface area contributed by atoms with Crippen LogP contribution in [0.5, 0.6) is 0 Å². The lowest BCUT2D eigenvalue weighted by Gasteiger charge is -1.97. The highest BCUT2D eigenvalue weighted by Crippen LogP contribution is 2.17. The smallest absolute Gasteiger partial charge is 0.218 e. The Balaban J connectivity index is 2.56. The van der Waals surface area contributed by atoms with E-state index in [0.717, 1.165) is 4.90 Å². The molecule has 0 fully saturated rings. The number of benzene rings is 1. The van der Waals surface area contributed by atoms with Crippen molar-refractivity contribution in [2.24, 2.45) is 5.14 Å². The molecular weight excluding hydrogens is 194 g/mol. The number of hydrogen-bond donors (Lipinski definition) is 1. The fourth-order valence-electron chi connectivity index (χ4n) is 0.667. The summed E-state index contributed by atoms with van der Waals surface area (Å²) in [5.74, 6) is 0. The third-order valence-electron chi connectivity index (χ3n) is 1.13. The zero-order chi connectivity index (χ0) is 9.03. The fourth-order valence-corrected chi connectivity index (χ4v) is 2.22. The van der Waals surface area contributed by atoms with Gasteiger partial charge in [-0.15, -0.1) is 11.8 Å². The van der Waals surface area contributed by atoms with Crippen molar-refractivity contribution in [3.8, 4) is 0 Å². The van der Waals surface area contributed by atoms with Crippen LogP contribution < -0.4 is 5.14 Å². The van der Waals surface area contributed by atoms with Gasteiger partial charge in [-0.25, -0.2) is 13.6 Å². The first-order valence-corrected chi connectivity index (χ1v) is 5.96. The van der Waals surface area contributed by atoms with Crippen molar-refractivity contribution in [1.29, 1.82) is 0 Å². The van der Waals surface area contributed by atoms with Crippen LogP contribution in [0.1, 0.15) is 0 Å². The molecule has 5 heteroatoms. The molecule has 0 aliphatic carbocycles. The van der Waals surface area contributed by atoms with E-state index >= 15 is 0 Å². The zero-order valence-electron chi connectivity index (χ0n) is 6.30. The molecule has 0 aromatic heterocycles. The largest absolute Gasteiger partial charge is 0.228 e. The lowest BCUT2D eigenvalue weighted by Crippen LogP contribution is -2.13. The third kappa shape index (κ3) is 3.75. The Hall–Kier alpha value is -0.520. The van der Waals surface area contributed by atoms with E-state index in [1.165, 1.54) is 11.8 Å². The normalized spacial score (nSPS) is 11.4. The maximum Gasteiger partial charge on any atom is 0.218 e. The molecule has 3 nitrogen and oxygen atoms in total. The van der Waals surface area contributed by atoms with Crippen LogP contribution in [-0.2, 0) is 10.0 Å². The standard InChI is InChI=1S/C7H9NO2S2/c8-12(9,10)6-11-7-4-2-1-3-5-7/h1-5H,6H2,(H2,8,9,10). The van der Waals surface area contributed by atoms with Gasteiger partial charge in [0.05, 0.1) is 0 Å². The SMILES string of the molecule is NS(=O)(=O)CSc1ccccc1. The Morgan fingerprint density at radius 1 is 1.25 bits per heavy atom. The summed E-state index contributed by atoms with van der Waals surface area (Å²) in [6, 6.07) is 9.27. The lowest BCUT2D eigenvalue weighted by atomic mass is 10.4. The minimum absolute atomic E-state index is 0.0724. The summed E-state index contributed by atoms with van der Waals surface area (Å²) in [6.07, 6.45) is 0. The van der Waals surface area contributed by atoms with Crippen LogP contribution in [0.4, 0.5) is 0 Å². The summed E-state index contributed by atoms with van der Waals surface area (Å²) >= 11 is 1.21. The summed E-state index contributed by atoms with van der Waals surface area (Å²) in [5, 5.41) is 4.76. The molecular formula is C7H9NO2S2. The average Bonchev–Trinajstić information content (AvgIpc) is 2.02. The maximum atomic E-state index is 10.6. The van der Waals surface area contributed by atoms with E-state index in [4.69, 9.17) is 5.14 Å². The Morgan fingerprint density at radius 2 is 1.83 bits per heavy atom. The van der Waals surface area contributed by atoms with Crippen molar-refractivity contribution in [2.75, 3.05) is 5.08 Å². The molecule has 0 bridgehead atoms. The summed E-state index contributed by atoms with van der Waals surface area (Å²) in [4.78, 5) is 0.909. The van der Waals surface area contributed by atoms with Gasteiger partial charge in [0.15, 0.2) is 0 Å². The van der Waals surface area contributed by atoms with Gasteiger partial charge in [0.25, 0.3) is 0 Å². The van der Waals surface area contributed by atoms with Crippen LogP contribution in [0.3, 0.4) is 0 Å². The molecule has 0 saturated carbocycles. The second-order valence-electron chi connectivity index (χ2n) is 2.24. The third-order valence-corrected chi connectivity index (χ3v) is 3.52. The predicted molar refractivity (Wildman–Crippen MR) is 50.3 cm³/mol. The Bertz CT molecular complexity index is 334. The van der Waals surface area contributed by atoms with E-state index in [1.807, 2.05) is 30.3 Å². The number of thioether (sulfide) groups is 1. The van der Waals surface area contributed by atoms with Gasteiger partial charge in [-0.2, -0.15) is 0 Å². The first-order chi connectivity index (χ1) is 5.58. The summed E-state index contributed by atoms with van der Waals surface area (Å²) < 4.78 is 21.1. The van der Waals surface area contributed by atoms with Crippen LogP contribution in [0, 0.1) is 0 Å². The van der Waals surface area contributed by atoms with Crippen molar-refractivity contribution < 1.29 is 8.42 Å². The first kappa shape index (κ1) is 9.57. The van der Waals surface area contributed by atoms with Gasteiger partial charge in [-0.05, 0) is 12.1 Å². The molecule has 0 aliphatic heterocycles. The van der Waals surface area contributed by atoms with Gasteiger partial charge in [-0.1, -0.05) is 18.2 Å². The minimum atomic E-state index is -3.36. The molecule has 0 saturated heterocycles. The van der Waals surface area contributed by atoms with Gasteiger partial charge in [0.2, 0.25) is 10.0 Å². The van der Waals surface area contributed by atoms with Gasteiger partial charge in [-0.3, -0.25) is 0 Å². The topological polar surface area (TPSA) is 60.2 Å². The molecule has 0 unspecified atom stereocenters. The Kier molecular flexibility index (Phi) is 3.13. The molecule has 12 heavy (non-hydrogen) atoms. The van der Waals surface area contributed by atoms with Crippen molar-refractivity contribution in [1.82, 2.24) is 0 Å². The highest BCUT2D eigenvalue weighted by Gasteiger charge is 2.02. The van der Waals surface area contributed by atoms with Gasteiger partial charge >= 0.3 is 0 Å². The van der Waals surface area contributed by atoms with Gasteiger partial charge < -0.3 is 0 Å². The van der Waals surface area contributed by atoms with Crippen molar-refractivity contribution in [2.45, 2.75) is 4.90 Å². The molecule has 0 radical (unpaired) electrons. The molecule has 0 spiro atoms. The molecule has 1 rings (SSSR count). The Morgan fingerprint density at radius 3 is 2.33 bits per heavy atom. The van der Waals surface area contributed by atoms with E-state index in [0.29, 0.717) is 0 Å². The highest BCUT2D eigenvalue weighted by atomic mass is 32.3. The molecule has 66 valence electrons. The Labute approximate surface area is 76.0 Å². The number of primary sulfonamides is 1. The molecule has 0 atom stereocenters. The van der Waals surface area contributed by atoms with Crippen molar-refractivity contribution in [3.63, 3.8) is 0 Å². The van der Waals surface area contributed by atoms with Crippen LogP contribution in [0.2, 0.25) is 0 Å². The summed E-state index contributed by atoms with van der Waals surface area (Å²) in [5.41, 5.74) is 0. The number of sulfonamides is 1. The second-order valence-corrected chi connectivity index (χ2v) is 5.27. The highest BCUT2D eigenvalue weighted by molar-refractivity contribution is 8.11. The zero-order valence-corrected chi connectivity index (χ0v) is 7.94. The number of hydrogen-bond acceptors (Lipinski definition) is 3. The van der Waals surface area contributed by atoms with E-state index in [2.05, 4.69) is 0 Å². The molecule has 0 heterocycles. The van der Waals surface area contributed by atoms with Crippen LogP contribution >= 0.6 is 11.8 Å². The molecule has 0 amide bonds. The van der Waals surface area contributed by atoms with E-state index in [9.17, 15) is 8.42 Å². The molecule has 1 aromatic carbocycles. The number of nitrogens with two attached hydrogens (primary N) is 1. The molecule has 1 aromatic rings. The van der Waals surface area contributed by atoms with Gasteiger partial charge in [0.1, 0.15) is 5.08 Å². The van der Waals surface area contributed by atoms with Gasteiger partial charge in [0, 0.05) is 4.90 Å². The number of rotatable bonds is 3. The maximum absolute atomic E-state index is 10.6.